The maximum absolute atomic E-state index is 5.53. The summed E-state index contributed by atoms with van der Waals surface area (Å²) < 4.78 is 5.22. The first kappa shape index (κ1) is 14.0. The number of aromatic nitrogens is 3. The van der Waals surface area contributed by atoms with E-state index in [0.29, 0.717) is 29.2 Å². The van der Waals surface area contributed by atoms with E-state index in [0.717, 1.165) is 17.7 Å². The Bertz CT molecular complexity index is 512. The maximum Gasteiger partial charge on any atom is 0.276 e. The highest BCUT2D eigenvalue weighted by molar-refractivity contribution is 7.99. The lowest BCUT2D eigenvalue weighted by atomic mass is 10.2. The summed E-state index contributed by atoms with van der Waals surface area (Å²) in [5, 5.41) is 4.57. The minimum atomic E-state index is 0.461. The first-order valence-electron chi connectivity index (χ1n) is 6.32. The van der Waals surface area contributed by atoms with Gasteiger partial charge in [-0.15, -0.1) is 0 Å². The van der Waals surface area contributed by atoms with Crippen LogP contribution in [-0.4, -0.2) is 20.4 Å². The molecular weight excluding hydrogens is 260 g/mol. The third-order valence-corrected chi connectivity index (χ3v) is 4.15. The third-order valence-electron chi connectivity index (χ3n) is 2.82. The molecular formula is C13H18N4OS. The Kier molecular flexibility index (Phi) is 4.93. The quantitative estimate of drug-likeness (QED) is 0.875. The Morgan fingerprint density at radius 1 is 1.42 bits per heavy atom. The van der Waals surface area contributed by atoms with Gasteiger partial charge in [0.15, 0.2) is 5.82 Å². The largest absolute Gasteiger partial charge is 0.332 e. The van der Waals surface area contributed by atoms with Crippen molar-refractivity contribution < 1.29 is 4.52 Å². The molecule has 2 aromatic rings. The molecule has 0 radical (unpaired) electrons. The predicted molar refractivity (Wildman–Crippen MR) is 76.5 cm³/mol. The van der Waals surface area contributed by atoms with Crippen molar-refractivity contribution in [3.8, 4) is 11.6 Å². The van der Waals surface area contributed by atoms with Crippen molar-refractivity contribution in [2.45, 2.75) is 37.8 Å². The Labute approximate surface area is 117 Å². The fraction of sp³-hybridized carbons (Fsp3) is 0.462. The molecule has 0 aliphatic heterocycles. The second-order valence-corrected chi connectivity index (χ2v) is 5.73. The summed E-state index contributed by atoms with van der Waals surface area (Å²) >= 11 is 1.82. The number of rotatable bonds is 6. The van der Waals surface area contributed by atoms with Crippen LogP contribution in [0.15, 0.2) is 22.9 Å². The van der Waals surface area contributed by atoms with E-state index in [1.54, 1.807) is 6.20 Å². The van der Waals surface area contributed by atoms with Crippen molar-refractivity contribution in [1.82, 2.24) is 15.1 Å². The zero-order valence-electron chi connectivity index (χ0n) is 11.2. The van der Waals surface area contributed by atoms with Crippen molar-refractivity contribution in [3.63, 3.8) is 0 Å². The number of pyridine rings is 1. The molecule has 2 N–H and O–H groups in total. The van der Waals surface area contributed by atoms with Gasteiger partial charge < -0.3 is 10.3 Å². The predicted octanol–water partition coefficient (Wildman–Crippen LogP) is 2.62. The molecule has 2 aromatic heterocycles. The fourth-order valence-electron chi connectivity index (χ4n) is 1.42. The highest BCUT2D eigenvalue weighted by Crippen LogP contribution is 2.20. The van der Waals surface area contributed by atoms with Crippen LogP contribution in [0.2, 0.25) is 0 Å². The lowest BCUT2D eigenvalue weighted by Crippen LogP contribution is -1.97. The van der Waals surface area contributed by atoms with Crippen LogP contribution in [0.5, 0.6) is 0 Å². The van der Waals surface area contributed by atoms with Crippen LogP contribution in [0.25, 0.3) is 11.6 Å². The highest BCUT2D eigenvalue weighted by Gasteiger charge is 2.11. The van der Waals surface area contributed by atoms with Crippen molar-refractivity contribution in [1.29, 1.82) is 0 Å². The van der Waals surface area contributed by atoms with E-state index in [4.69, 9.17) is 10.3 Å². The summed E-state index contributed by atoms with van der Waals surface area (Å²) in [5.74, 6) is 1.94. The molecule has 0 saturated heterocycles. The average molecular weight is 278 g/mol. The summed E-state index contributed by atoms with van der Waals surface area (Å²) in [6, 6.07) is 3.77. The van der Waals surface area contributed by atoms with Gasteiger partial charge in [0.25, 0.3) is 5.89 Å². The molecule has 19 heavy (non-hydrogen) atoms. The second-order valence-electron chi connectivity index (χ2n) is 4.30. The first-order valence-corrected chi connectivity index (χ1v) is 7.37. The summed E-state index contributed by atoms with van der Waals surface area (Å²) in [6.45, 7) is 4.84. The number of nitrogens with zero attached hydrogens (tertiary/aromatic N) is 3. The van der Waals surface area contributed by atoms with E-state index >= 15 is 0 Å². The second kappa shape index (κ2) is 6.68. The van der Waals surface area contributed by atoms with Crippen LogP contribution in [0.3, 0.4) is 0 Å². The zero-order valence-corrected chi connectivity index (χ0v) is 12.0. The summed E-state index contributed by atoms with van der Waals surface area (Å²) in [5.41, 5.74) is 7.20. The molecule has 1 unspecified atom stereocenters. The topological polar surface area (TPSA) is 77.8 Å². The summed E-state index contributed by atoms with van der Waals surface area (Å²) in [7, 11) is 0. The van der Waals surface area contributed by atoms with Gasteiger partial charge in [-0.25, -0.2) is 0 Å². The molecule has 5 nitrogen and oxygen atoms in total. The van der Waals surface area contributed by atoms with Crippen LogP contribution in [0.4, 0.5) is 0 Å². The van der Waals surface area contributed by atoms with Crippen LogP contribution >= 0.6 is 11.8 Å². The Morgan fingerprint density at radius 2 is 2.26 bits per heavy atom. The van der Waals surface area contributed by atoms with Crippen LogP contribution in [0, 0.1) is 0 Å². The molecule has 0 spiro atoms. The minimum Gasteiger partial charge on any atom is -0.332 e. The Balaban J connectivity index is 2.03. The number of nitrogens with two attached hydrogens (primary N) is 1. The number of hydrogen-bond donors (Lipinski definition) is 1. The normalized spacial score (nSPS) is 12.6. The van der Waals surface area contributed by atoms with Gasteiger partial charge in [-0.3, -0.25) is 4.98 Å². The van der Waals surface area contributed by atoms with E-state index < -0.39 is 0 Å². The number of hydrogen-bond acceptors (Lipinski definition) is 6. The molecule has 2 rings (SSSR count). The molecule has 0 aliphatic carbocycles. The van der Waals surface area contributed by atoms with Gasteiger partial charge in [0.05, 0.1) is 5.75 Å². The summed E-state index contributed by atoms with van der Waals surface area (Å²) in [4.78, 5) is 8.61. The van der Waals surface area contributed by atoms with Crippen LogP contribution < -0.4 is 5.73 Å². The first-order chi connectivity index (χ1) is 9.22. The van der Waals surface area contributed by atoms with E-state index in [-0.39, 0.29) is 0 Å². The van der Waals surface area contributed by atoms with Gasteiger partial charge in [0, 0.05) is 18.0 Å². The molecule has 0 saturated carbocycles. The van der Waals surface area contributed by atoms with Gasteiger partial charge in [0.2, 0.25) is 0 Å². The van der Waals surface area contributed by atoms with Crippen molar-refractivity contribution in [3.05, 3.63) is 29.7 Å². The lowest BCUT2D eigenvalue weighted by Gasteiger charge is -2.04. The molecule has 6 heteroatoms. The Hall–Kier alpha value is -1.40. The molecule has 0 fully saturated rings. The maximum atomic E-state index is 5.53. The van der Waals surface area contributed by atoms with Gasteiger partial charge in [0.1, 0.15) is 5.69 Å². The number of thioether (sulfide) groups is 1. The fourth-order valence-corrected chi connectivity index (χ4v) is 2.21. The van der Waals surface area contributed by atoms with Crippen molar-refractivity contribution in [2.75, 3.05) is 0 Å². The molecule has 0 aliphatic rings. The monoisotopic (exact) mass is 278 g/mol. The van der Waals surface area contributed by atoms with Crippen molar-refractivity contribution >= 4 is 11.8 Å². The minimum absolute atomic E-state index is 0.461. The highest BCUT2D eigenvalue weighted by atomic mass is 32.2. The smallest absolute Gasteiger partial charge is 0.276 e. The standard InChI is InChI=1S/C13H18N4OS/c1-3-9(2)19-8-12-16-13(18-17-12)11-5-4-10(6-14)7-15-11/h4-5,7,9H,3,6,8,14H2,1-2H3. The Morgan fingerprint density at radius 3 is 2.89 bits per heavy atom. The van der Waals surface area contributed by atoms with Crippen LogP contribution in [-0.2, 0) is 12.3 Å². The lowest BCUT2D eigenvalue weighted by molar-refractivity contribution is 0.424. The molecule has 0 bridgehead atoms. The summed E-state index contributed by atoms with van der Waals surface area (Å²) in [6.07, 6.45) is 2.87. The van der Waals surface area contributed by atoms with E-state index in [9.17, 15) is 0 Å². The molecule has 0 aromatic carbocycles. The van der Waals surface area contributed by atoms with Gasteiger partial charge >= 0.3 is 0 Å². The van der Waals surface area contributed by atoms with Gasteiger partial charge in [-0.2, -0.15) is 16.7 Å². The third kappa shape index (κ3) is 3.78. The molecule has 102 valence electrons. The molecule has 1 atom stereocenters. The average Bonchev–Trinajstić information content (AvgIpc) is 2.93. The van der Waals surface area contributed by atoms with E-state index in [2.05, 4.69) is 29.0 Å². The van der Waals surface area contributed by atoms with E-state index in [1.807, 2.05) is 23.9 Å². The zero-order chi connectivity index (χ0) is 13.7. The van der Waals surface area contributed by atoms with E-state index in [1.165, 1.54) is 0 Å². The SMILES string of the molecule is CCC(C)SCc1noc(-c2ccc(CN)cn2)n1. The molecule has 2 heterocycles. The van der Waals surface area contributed by atoms with Gasteiger partial charge in [-0.1, -0.05) is 25.1 Å². The molecule has 0 amide bonds. The van der Waals surface area contributed by atoms with Gasteiger partial charge in [-0.05, 0) is 18.1 Å². The van der Waals surface area contributed by atoms with Crippen molar-refractivity contribution in [2.24, 2.45) is 5.73 Å². The van der Waals surface area contributed by atoms with Crippen LogP contribution in [0.1, 0.15) is 31.7 Å².